The monoisotopic (exact) mass is 281 g/mol. The van der Waals surface area contributed by atoms with Gasteiger partial charge >= 0.3 is 0 Å². The first-order valence-electron chi connectivity index (χ1n) is 5.94. The van der Waals surface area contributed by atoms with E-state index in [1.807, 2.05) is 18.2 Å². The molecule has 0 aliphatic heterocycles. The first-order valence-corrected chi connectivity index (χ1v) is 7.30. The molecule has 0 saturated heterocycles. The van der Waals surface area contributed by atoms with E-state index in [0.717, 1.165) is 34.5 Å². The Balaban J connectivity index is 1.96. The molecule has 2 aromatic rings. The van der Waals surface area contributed by atoms with Crippen LogP contribution in [0, 0.1) is 0 Å². The smallest absolute Gasteiger partial charge is 0.113 e. The predicted octanol–water partition coefficient (Wildman–Crippen LogP) is 4.33. The summed E-state index contributed by atoms with van der Waals surface area (Å²) in [7, 11) is 0. The molecule has 1 aromatic carbocycles. The Morgan fingerprint density at radius 2 is 2.22 bits per heavy atom. The number of thioether (sulfide) groups is 1. The Hall–Kier alpha value is -0.900. The van der Waals surface area contributed by atoms with Crippen molar-refractivity contribution >= 4 is 23.4 Å². The van der Waals surface area contributed by atoms with Crippen LogP contribution in [0.15, 0.2) is 45.9 Å². The van der Waals surface area contributed by atoms with E-state index in [9.17, 15) is 0 Å². The maximum absolute atomic E-state index is 6.27. The summed E-state index contributed by atoms with van der Waals surface area (Å²) in [6, 6.07) is 10.1. The van der Waals surface area contributed by atoms with Gasteiger partial charge in [0, 0.05) is 11.4 Å². The van der Waals surface area contributed by atoms with Gasteiger partial charge in [-0.2, -0.15) is 0 Å². The third kappa shape index (κ3) is 3.80. The van der Waals surface area contributed by atoms with Crippen molar-refractivity contribution in [3.63, 3.8) is 0 Å². The Bertz CT molecular complexity index is 485. The molecule has 1 N–H and O–H groups in total. The van der Waals surface area contributed by atoms with Gasteiger partial charge in [-0.15, -0.1) is 11.8 Å². The van der Waals surface area contributed by atoms with Gasteiger partial charge in [-0.05, 0) is 36.4 Å². The minimum absolute atomic E-state index is 0.805. The highest BCUT2D eigenvalue weighted by atomic mass is 35.5. The molecule has 0 amide bonds. The highest BCUT2D eigenvalue weighted by Crippen LogP contribution is 2.30. The van der Waals surface area contributed by atoms with Gasteiger partial charge in [0.05, 0.1) is 17.0 Å². The molecule has 0 atom stereocenters. The maximum atomic E-state index is 6.27. The molecule has 0 aliphatic carbocycles. The Morgan fingerprint density at radius 3 is 2.89 bits per heavy atom. The van der Waals surface area contributed by atoms with Crippen LogP contribution < -0.4 is 5.32 Å². The molecule has 2 nitrogen and oxygen atoms in total. The van der Waals surface area contributed by atoms with E-state index in [0.29, 0.717) is 0 Å². The summed E-state index contributed by atoms with van der Waals surface area (Å²) < 4.78 is 5.30. The summed E-state index contributed by atoms with van der Waals surface area (Å²) in [5, 5.41) is 4.09. The fourth-order valence-corrected chi connectivity index (χ4v) is 2.77. The van der Waals surface area contributed by atoms with Gasteiger partial charge < -0.3 is 9.73 Å². The second-order valence-electron chi connectivity index (χ2n) is 3.91. The molecule has 0 bridgehead atoms. The standard InChI is InChI=1S/C14H16ClNOS/c1-2-16-9-11-5-6-14(13(15)8-11)18-10-12-4-3-7-17-12/h3-8,16H,2,9-10H2,1H3. The minimum Gasteiger partial charge on any atom is -0.468 e. The van der Waals surface area contributed by atoms with Crippen molar-refractivity contribution < 1.29 is 4.42 Å². The van der Waals surface area contributed by atoms with Crippen LogP contribution in [0.5, 0.6) is 0 Å². The third-order valence-electron chi connectivity index (χ3n) is 2.53. The molecule has 1 heterocycles. The summed E-state index contributed by atoms with van der Waals surface area (Å²) in [6.45, 7) is 3.92. The molecule has 4 heteroatoms. The molecule has 2 rings (SSSR count). The predicted molar refractivity (Wildman–Crippen MR) is 77.1 cm³/mol. The van der Waals surface area contributed by atoms with Crippen molar-refractivity contribution in [2.45, 2.75) is 24.1 Å². The Morgan fingerprint density at radius 1 is 1.33 bits per heavy atom. The molecule has 96 valence electrons. The van der Waals surface area contributed by atoms with E-state index >= 15 is 0 Å². The van der Waals surface area contributed by atoms with Gasteiger partial charge in [-0.1, -0.05) is 24.6 Å². The van der Waals surface area contributed by atoms with Crippen LogP contribution >= 0.6 is 23.4 Å². The van der Waals surface area contributed by atoms with E-state index < -0.39 is 0 Å². The van der Waals surface area contributed by atoms with Crippen LogP contribution in [0.25, 0.3) is 0 Å². The maximum Gasteiger partial charge on any atom is 0.113 e. The number of furan rings is 1. The van der Waals surface area contributed by atoms with Gasteiger partial charge in [0.25, 0.3) is 0 Å². The molecule has 0 unspecified atom stereocenters. The molecule has 0 fully saturated rings. The van der Waals surface area contributed by atoms with E-state index in [1.54, 1.807) is 18.0 Å². The summed E-state index contributed by atoms with van der Waals surface area (Å²) in [4.78, 5) is 1.09. The summed E-state index contributed by atoms with van der Waals surface area (Å²) >= 11 is 7.96. The zero-order chi connectivity index (χ0) is 12.8. The molecule has 1 aromatic heterocycles. The first kappa shape index (κ1) is 13.5. The normalized spacial score (nSPS) is 10.8. The average molecular weight is 282 g/mol. The van der Waals surface area contributed by atoms with Crippen LogP contribution in [-0.2, 0) is 12.3 Å². The average Bonchev–Trinajstić information content (AvgIpc) is 2.88. The van der Waals surface area contributed by atoms with Crippen LogP contribution in [0.1, 0.15) is 18.2 Å². The van der Waals surface area contributed by atoms with E-state index in [4.69, 9.17) is 16.0 Å². The molecule has 18 heavy (non-hydrogen) atoms. The van der Waals surface area contributed by atoms with Crippen molar-refractivity contribution in [3.05, 3.63) is 52.9 Å². The molecule has 0 radical (unpaired) electrons. The van der Waals surface area contributed by atoms with E-state index in [-0.39, 0.29) is 0 Å². The number of hydrogen-bond acceptors (Lipinski definition) is 3. The second kappa shape index (κ2) is 6.88. The van der Waals surface area contributed by atoms with Crippen molar-refractivity contribution in [3.8, 4) is 0 Å². The van der Waals surface area contributed by atoms with Crippen molar-refractivity contribution in [2.75, 3.05) is 6.54 Å². The number of benzene rings is 1. The Labute approximate surface area is 117 Å². The molecule has 0 saturated carbocycles. The van der Waals surface area contributed by atoms with E-state index in [1.165, 1.54) is 5.56 Å². The molecule has 0 spiro atoms. The largest absolute Gasteiger partial charge is 0.468 e. The van der Waals surface area contributed by atoms with Crippen LogP contribution in [0.2, 0.25) is 5.02 Å². The zero-order valence-electron chi connectivity index (χ0n) is 10.3. The van der Waals surface area contributed by atoms with E-state index in [2.05, 4.69) is 24.4 Å². The first-order chi connectivity index (χ1) is 8.79. The highest BCUT2D eigenvalue weighted by molar-refractivity contribution is 7.98. The fraction of sp³-hybridized carbons (Fsp3) is 0.286. The highest BCUT2D eigenvalue weighted by Gasteiger charge is 2.04. The lowest BCUT2D eigenvalue weighted by Gasteiger charge is -2.06. The Kier molecular flexibility index (Phi) is 5.17. The van der Waals surface area contributed by atoms with Gasteiger partial charge in [0.2, 0.25) is 0 Å². The number of rotatable bonds is 6. The SMILES string of the molecule is CCNCc1ccc(SCc2ccco2)c(Cl)c1. The lowest BCUT2D eigenvalue weighted by molar-refractivity contribution is 0.530. The molecular formula is C14H16ClNOS. The van der Waals surface area contributed by atoms with Crippen LogP contribution in [-0.4, -0.2) is 6.54 Å². The summed E-state index contributed by atoms with van der Waals surface area (Å²) in [5.74, 6) is 1.77. The summed E-state index contributed by atoms with van der Waals surface area (Å²) in [5.41, 5.74) is 1.21. The van der Waals surface area contributed by atoms with Crippen molar-refractivity contribution in [2.24, 2.45) is 0 Å². The zero-order valence-corrected chi connectivity index (χ0v) is 11.9. The minimum atomic E-state index is 0.805. The second-order valence-corrected chi connectivity index (χ2v) is 5.34. The molecular weight excluding hydrogens is 266 g/mol. The van der Waals surface area contributed by atoms with Crippen LogP contribution in [0.3, 0.4) is 0 Å². The van der Waals surface area contributed by atoms with Gasteiger partial charge in [0.1, 0.15) is 5.76 Å². The molecule has 0 aliphatic rings. The van der Waals surface area contributed by atoms with Crippen molar-refractivity contribution in [1.29, 1.82) is 0 Å². The van der Waals surface area contributed by atoms with Gasteiger partial charge in [-0.3, -0.25) is 0 Å². The lowest BCUT2D eigenvalue weighted by atomic mass is 10.2. The van der Waals surface area contributed by atoms with Crippen LogP contribution in [0.4, 0.5) is 0 Å². The number of halogens is 1. The topological polar surface area (TPSA) is 25.2 Å². The number of nitrogens with one attached hydrogen (secondary N) is 1. The lowest BCUT2D eigenvalue weighted by Crippen LogP contribution is -2.11. The van der Waals surface area contributed by atoms with Crippen molar-refractivity contribution in [1.82, 2.24) is 5.32 Å². The number of hydrogen-bond donors (Lipinski definition) is 1. The van der Waals surface area contributed by atoms with Gasteiger partial charge in [0.15, 0.2) is 0 Å². The third-order valence-corrected chi connectivity index (χ3v) is 4.05. The fourth-order valence-electron chi connectivity index (χ4n) is 1.58. The van der Waals surface area contributed by atoms with Gasteiger partial charge in [-0.25, -0.2) is 0 Å². The quantitative estimate of drug-likeness (QED) is 0.798. The summed E-state index contributed by atoms with van der Waals surface area (Å²) in [6.07, 6.45) is 1.69.